The summed E-state index contributed by atoms with van der Waals surface area (Å²) in [4.78, 5) is 0.942. The smallest absolute Gasteiger partial charge is 0.398 e. The standard InChI is InChI=1S/C12H17F3N2O2/c13-12(14,15)8-17(5-6-18)7-11(19)9-3-1-2-4-10(9)16/h1-4,11,18-19H,5-8,16H2. The first-order chi connectivity index (χ1) is 8.83. The Kier molecular flexibility index (Phi) is 5.59. The van der Waals surface area contributed by atoms with E-state index in [1.807, 2.05) is 0 Å². The van der Waals surface area contributed by atoms with Crippen molar-refractivity contribution in [2.24, 2.45) is 0 Å². The second-order valence-corrected chi connectivity index (χ2v) is 4.22. The fraction of sp³-hybridized carbons (Fsp3) is 0.500. The zero-order valence-electron chi connectivity index (χ0n) is 10.3. The second kappa shape index (κ2) is 6.74. The molecule has 0 saturated carbocycles. The number of nitrogens with zero attached hydrogens (tertiary/aromatic N) is 1. The van der Waals surface area contributed by atoms with Gasteiger partial charge in [-0.25, -0.2) is 0 Å². The van der Waals surface area contributed by atoms with Gasteiger partial charge in [0.1, 0.15) is 0 Å². The lowest BCUT2D eigenvalue weighted by atomic mass is 10.1. The average molecular weight is 278 g/mol. The number of halogens is 3. The predicted molar refractivity (Wildman–Crippen MR) is 65.4 cm³/mol. The van der Waals surface area contributed by atoms with Crippen molar-refractivity contribution in [2.45, 2.75) is 12.3 Å². The topological polar surface area (TPSA) is 69.7 Å². The van der Waals surface area contributed by atoms with Crippen molar-refractivity contribution in [3.05, 3.63) is 29.8 Å². The maximum Gasteiger partial charge on any atom is 0.401 e. The van der Waals surface area contributed by atoms with E-state index in [0.717, 1.165) is 4.90 Å². The molecule has 0 aliphatic carbocycles. The van der Waals surface area contributed by atoms with Crippen molar-refractivity contribution in [1.29, 1.82) is 0 Å². The summed E-state index contributed by atoms with van der Waals surface area (Å²) in [5, 5.41) is 18.7. The SMILES string of the molecule is Nc1ccccc1C(O)CN(CCO)CC(F)(F)F. The van der Waals surface area contributed by atoms with Crippen LogP contribution >= 0.6 is 0 Å². The Labute approximate surface area is 109 Å². The normalized spacial score (nSPS) is 13.8. The van der Waals surface area contributed by atoms with Crippen LogP contribution in [0.4, 0.5) is 18.9 Å². The minimum absolute atomic E-state index is 0.163. The van der Waals surface area contributed by atoms with Crippen LogP contribution in [-0.2, 0) is 0 Å². The van der Waals surface area contributed by atoms with Gasteiger partial charge in [0.25, 0.3) is 0 Å². The van der Waals surface area contributed by atoms with Gasteiger partial charge in [0.2, 0.25) is 0 Å². The van der Waals surface area contributed by atoms with Crippen LogP contribution < -0.4 is 5.73 Å². The minimum atomic E-state index is -4.38. The molecular formula is C12H17F3N2O2. The first kappa shape index (κ1) is 15.7. The zero-order valence-corrected chi connectivity index (χ0v) is 10.3. The monoisotopic (exact) mass is 278 g/mol. The summed E-state index contributed by atoms with van der Waals surface area (Å²) < 4.78 is 37.0. The summed E-state index contributed by atoms with van der Waals surface area (Å²) in [6, 6.07) is 6.45. The highest BCUT2D eigenvalue weighted by molar-refractivity contribution is 5.47. The van der Waals surface area contributed by atoms with Crippen LogP contribution in [0, 0.1) is 0 Å². The fourth-order valence-electron chi connectivity index (χ4n) is 1.79. The van der Waals surface area contributed by atoms with Crippen molar-refractivity contribution < 1.29 is 23.4 Å². The summed E-state index contributed by atoms with van der Waals surface area (Å²) in [5.74, 6) is 0. The van der Waals surface area contributed by atoms with E-state index in [4.69, 9.17) is 10.8 Å². The highest BCUT2D eigenvalue weighted by atomic mass is 19.4. The molecule has 0 spiro atoms. The van der Waals surface area contributed by atoms with Gasteiger partial charge in [-0.3, -0.25) is 4.90 Å². The quantitative estimate of drug-likeness (QED) is 0.683. The molecule has 0 heterocycles. The van der Waals surface area contributed by atoms with Crippen LogP contribution in [0.15, 0.2) is 24.3 Å². The van der Waals surface area contributed by atoms with E-state index < -0.39 is 25.4 Å². The van der Waals surface area contributed by atoms with E-state index in [2.05, 4.69) is 0 Å². The third-order valence-electron chi connectivity index (χ3n) is 2.61. The molecule has 1 aromatic rings. The summed E-state index contributed by atoms with van der Waals surface area (Å²) in [6.45, 7) is -2.00. The van der Waals surface area contributed by atoms with Crippen LogP contribution in [0.5, 0.6) is 0 Å². The predicted octanol–water partition coefficient (Wildman–Crippen LogP) is 1.16. The van der Waals surface area contributed by atoms with Crippen molar-refractivity contribution in [2.75, 3.05) is 32.0 Å². The number of hydrogen-bond donors (Lipinski definition) is 3. The van der Waals surface area contributed by atoms with Gasteiger partial charge in [0, 0.05) is 24.3 Å². The number of hydrogen-bond acceptors (Lipinski definition) is 4. The molecule has 0 aromatic heterocycles. The molecule has 0 bridgehead atoms. The van der Waals surface area contributed by atoms with Crippen molar-refractivity contribution >= 4 is 5.69 Å². The molecule has 19 heavy (non-hydrogen) atoms. The average Bonchev–Trinajstić information content (AvgIpc) is 2.27. The number of alkyl halides is 3. The number of aliphatic hydroxyl groups excluding tert-OH is 2. The summed E-state index contributed by atoms with van der Waals surface area (Å²) >= 11 is 0. The molecule has 4 nitrogen and oxygen atoms in total. The van der Waals surface area contributed by atoms with E-state index in [0.29, 0.717) is 11.3 Å². The van der Waals surface area contributed by atoms with E-state index in [1.165, 1.54) is 0 Å². The number of anilines is 1. The molecule has 0 aliphatic rings. The third-order valence-corrected chi connectivity index (χ3v) is 2.61. The van der Waals surface area contributed by atoms with Gasteiger partial charge in [0.15, 0.2) is 0 Å². The van der Waals surface area contributed by atoms with Crippen LogP contribution in [0.25, 0.3) is 0 Å². The molecule has 1 aromatic carbocycles. The molecule has 1 atom stereocenters. The molecule has 0 aliphatic heterocycles. The Bertz CT molecular complexity index is 399. The Balaban J connectivity index is 2.71. The number of nitrogens with two attached hydrogens (primary N) is 1. The highest BCUT2D eigenvalue weighted by Crippen LogP contribution is 2.23. The fourth-order valence-corrected chi connectivity index (χ4v) is 1.79. The molecule has 7 heteroatoms. The first-order valence-corrected chi connectivity index (χ1v) is 5.76. The van der Waals surface area contributed by atoms with Crippen LogP contribution in [0.3, 0.4) is 0 Å². The maximum absolute atomic E-state index is 12.3. The Morgan fingerprint density at radius 3 is 2.42 bits per heavy atom. The van der Waals surface area contributed by atoms with E-state index in [-0.39, 0.29) is 13.1 Å². The van der Waals surface area contributed by atoms with Gasteiger partial charge in [-0.1, -0.05) is 18.2 Å². The molecule has 0 saturated heterocycles. The number of para-hydroxylation sites is 1. The molecule has 0 fully saturated rings. The molecule has 1 rings (SSSR count). The largest absolute Gasteiger partial charge is 0.401 e. The van der Waals surface area contributed by atoms with Gasteiger partial charge in [-0.15, -0.1) is 0 Å². The minimum Gasteiger partial charge on any atom is -0.398 e. The van der Waals surface area contributed by atoms with Crippen LogP contribution in [0.1, 0.15) is 11.7 Å². The molecule has 0 amide bonds. The number of aliphatic hydroxyl groups is 2. The van der Waals surface area contributed by atoms with Crippen molar-refractivity contribution in [3.63, 3.8) is 0 Å². The summed E-state index contributed by atoms with van der Waals surface area (Å²) in [5.41, 5.74) is 6.36. The van der Waals surface area contributed by atoms with Gasteiger partial charge >= 0.3 is 6.18 Å². The van der Waals surface area contributed by atoms with Gasteiger partial charge in [0.05, 0.1) is 19.3 Å². The van der Waals surface area contributed by atoms with Gasteiger partial charge < -0.3 is 15.9 Å². The van der Waals surface area contributed by atoms with Gasteiger partial charge in [-0.2, -0.15) is 13.2 Å². The lowest BCUT2D eigenvalue weighted by Gasteiger charge is -2.25. The Morgan fingerprint density at radius 1 is 1.26 bits per heavy atom. The zero-order chi connectivity index (χ0) is 14.5. The lowest BCUT2D eigenvalue weighted by molar-refractivity contribution is -0.149. The first-order valence-electron chi connectivity index (χ1n) is 5.76. The van der Waals surface area contributed by atoms with Crippen LogP contribution in [-0.4, -0.2) is 47.5 Å². The van der Waals surface area contributed by atoms with Crippen LogP contribution in [0.2, 0.25) is 0 Å². The Morgan fingerprint density at radius 2 is 1.89 bits per heavy atom. The highest BCUT2D eigenvalue weighted by Gasteiger charge is 2.31. The van der Waals surface area contributed by atoms with Gasteiger partial charge in [-0.05, 0) is 6.07 Å². The van der Waals surface area contributed by atoms with E-state index in [1.54, 1.807) is 24.3 Å². The summed E-state index contributed by atoms with van der Waals surface area (Å²) in [6.07, 6.45) is -5.51. The second-order valence-electron chi connectivity index (χ2n) is 4.22. The maximum atomic E-state index is 12.3. The number of benzene rings is 1. The molecule has 108 valence electrons. The van der Waals surface area contributed by atoms with E-state index >= 15 is 0 Å². The Hall–Kier alpha value is -1.31. The van der Waals surface area contributed by atoms with Crippen molar-refractivity contribution in [1.82, 2.24) is 4.90 Å². The molecule has 4 N–H and O–H groups in total. The number of nitrogen functional groups attached to an aromatic ring is 1. The summed E-state index contributed by atoms with van der Waals surface area (Å²) in [7, 11) is 0. The number of rotatable bonds is 6. The van der Waals surface area contributed by atoms with E-state index in [9.17, 15) is 18.3 Å². The molecular weight excluding hydrogens is 261 g/mol. The lowest BCUT2D eigenvalue weighted by Crippen LogP contribution is -2.38. The van der Waals surface area contributed by atoms with Crippen molar-refractivity contribution in [3.8, 4) is 0 Å². The third kappa shape index (κ3) is 5.46. The molecule has 0 radical (unpaired) electrons. The molecule has 1 unspecified atom stereocenters.